The van der Waals surface area contributed by atoms with Crippen LogP contribution in [0, 0.1) is 0 Å². The van der Waals surface area contributed by atoms with Gasteiger partial charge in [0.2, 0.25) is 5.91 Å². The third-order valence-corrected chi connectivity index (χ3v) is 2.56. The van der Waals surface area contributed by atoms with Gasteiger partial charge >= 0.3 is 0 Å². The summed E-state index contributed by atoms with van der Waals surface area (Å²) in [5, 5.41) is 2.85. The number of amides is 1. The SMILES string of the molecule is COc1ccc2c(c1)NC(=O)CC2C. The summed E-state index contributed by atoms with van der Waals surface area (Å²) in [6.45, 7) is 2.06. The van der Waals surface area contributed by atoms with Gasteiger partial charge in [-0.3, -0.25) is 4.79 Å². The van der Waals surface area contributed by atoms with E-state index in [2.05, 4.69) is 12.2 Å². The smallest absolute Gasteiger partial charge is 0.224 e. The Morgan fingerprint density at radius 2 is 2.29 bits per heavy atom. The molecule has 0 radical (unpaired) electrons. The number of fused-ring (bicyclic) bond motifs is 1. The van der Waals surface area contributed by atoms with Crippen LogP contribution in [-0.4, -0.2) is 13.0 Å². The number of carbonyl (C=O) groups is 1. The van der Waals surface area contributed by atoms with Gasteiger partial charge in [-0.05, 0) is 17.5 Å². The van der Waals surface area contributed by atoms with Crippen molar-refractivity contribution in [2.75, 3.05) is 12.4 Å². The summed E-state index contributed by atoms with van der Waals surface area (Å²) in [4.78, 5) is 11.3. The minimum Gasteiger partial charge on any atom is -0.497 e. The van der Waals surface area contributed by atoms with Crippen LogP contribution in [0.25, 0.3) is 0 Å². The Bertz CT molecular complexity index is 374. The fraction of sp³-hybridized carbons (Fsp3) is 0.364. The highest BCUT2D eigenvalue weighted by Crippen LogP contribution is 2.33. The monoisotopic (exact) mass is 191 g/mol. The highest BCUT2D eigenvalue weighted by atomic mass is 16.5. The van der Waals surface area contributed by atoms with Crippen molar-refractivity contribution in [3.8, 4) is 5.75 Å². The Kier molecular flexibility index (Phi) is 2.15. The number of hydrogen-bond donors (Lipinski definition) is 1. The first-order valence-corrected chi connectivity index (χ1v) is 4.68. The van der Waals surface area contributed by atoms with Gasteiger partial charge in [0.25, 0.3) is 0 Å². The highest BCUT2D eigenvalue weighted by molar-refractivity contribution is 5.94. The lowest BCUT2D eigenvalue weighted by Crippen LogP contribution is -2.21. The van der Waals surface area contributed by atoms with Gasteiger partial charge < -0.3 is 10.1 Å². The molecule has 3 heteroatoms. The Hall–Kier alpha value is -1.51. The number of carbonyl (C=O) groups excluding carboxylic acids is 1. The second-order valence-corrected chi connectivity index (χ2v) is 3.61. The van der Waals surface area contributed by atoms with E-state index in [1.54, 1.807) is 7.11 Å². The molecule has 14 heavy (non-hydrogen) atoms. The van der Waals surface area contributed by atoms with Crippen LogP contribution in [0.5, 0.6) is 5.75 Å². The van der Waals surface area contributed by atoms with E-state index in [1.807, 2.05) is 18.2 Å². The topological polar surface area (TPSA) is 38.3 Å². The van der Waals surface area contributed by atoms with E-state index in [1.165, 1.54) is 5.56 Å². The first kappa shape index (κ1) is 9.06. The standard InChI is InChI=1S/C11H13NO2/c1-7-5-11(13)12-10-6-8(14-2)3-4-9(7)10/h3-4,6-7H,5H2,1-2H3,(H,12,13). The lowest BCUT2D eigenvalue weighted by molar-refractivity contribution is -0.116. The Morgan fingerprint density at radius 1 is 1.50 bits per heavy atom. The summed E-state index contributed by atoms with van der Waals surface area (Å²) >= 11 is 0. The maximum atomic E-state index is 11.3. The van der Waals surface area contributed by atoms with Crippen molar-refractivity contribution in [2.45, 2.75) is 19.3 Å². The molecule has 0 saturated carbocycles. The number of rotatable bonds is 1. The largest absolute Gasteiger partial charge is 0.497 e. The molecular formula is C11H13NO2. The summed E-state index contributed by atoms with van der Waals surface area (Å²) in [5.74, 6) is 1.15. The van der Waals surface area contributed by atoms with E-state index in [9.17, 15) is 4.79 Å². The van der Waals surface area contributed by atoms with E-state index in [4.69, 9.17) is 4.74 Å². The van der Waals surface area contributed by atoms with Crippen LogP contribution in [0.1, 0.15) is 24.8 Å². The predicted octanol–water partition coefficient (Wildman–Crippen LogP) is 2.14. The zero-order valence-corrected chi connectivity index (χ0v) is 8.33. The summed E-state index contributed by atoms with van der Waals surface area (Å²) in [5.41, 5.74) is 2.07. The van der Waals surface area contributed by atoms with E-state index in [-0.39, 0.29) is 5.91 Å². The van der Waals surface area contributed by atoms with Gasteiger partial charge in [0.15, 0.2) is 0 Å². The molecular weight excluding hydrogens is 178 g/mol. The van der Waals surface area contributed by atoms with Crippen LogP contribution in [0.15, 0.2) is 18.2 Å². The third kappa shape index (κ3) is 1.45. The van der Waals surface area contributed by atoms with Crippen molar-refractivity contribution in [3.63, 3.8) is 0 Å². The molecule has 1 aromatic carbocycles. The number of methoxy groups -OCH3 is 1. The molecule has 0 aliphatic carbocycles. The van der Waals surface area contributed by atoms with Crippen LogP contribution in [0.4, 0.5) is 5.69 Å². The predicted molar refractivity (Wildman–Crippen MR) is 54.7 cm³/mol. The quantitative estimate of drug-likeness (QED) is 0.738. The summed E-state index contributed by atoms with van der Waals surface area (Å²) in [6, 6.07) is 5.80. The normalized spacial score (nSPS) is 19.9. The molecule has 74 valence electrons. The van der Waals surface area contributed by atoms with Gasteiger partial charge in [-0.1, -0.05) is 13.0 Å². The molecule has 1 amide bonds. The van der Waals surface area contributed by atoms with Crippen molar-refractivity contribution < 1.29 is 9.53 Å². The second kappa shape index (κ2) is 3.33. The van der Waals surface area contributed by atoms with Crippen molar-refractivity contribution >= 4 is 11.6 Å². The van der Waals surface area contributed by atoms with Gasteiger partial charge in [0, 0.05) is 18.2 Å². The molecule has 0 saturated heterocycles. The molecule has 0 aromatic heterocycles. The van der Waals surface area contributed by atoms with Crippen LogP contribution in [-0.2, 0) is 4.79 Å². The number of nitrogens with one attached hydrogen (secondary N) is 1. The third-order valence-electron chi connectivity index (χ3n) is 2.56. The van der Waals surface area contributed by atoms with E-state index in [0.29, 0.717) is 12.3 Å². The van der Waals surface area contributed by atoms with Gasteiger partial charge in [-0.15, -0.1) is 0 Å². The minimum atomic E-state index is 0.0817. The van der Waals surface area contributed by atoms with Crippen molar-refractivity contribution in [2.24, 2.45) is 0 Å². The molecule has 1 heterocycles. The zero-order chi connectivity index (χ0) is 10.1. The average Bonchev–Trinajstić information content (AvgIpc) is 2.16. The molecule has 1 N–H and O–H groups in total. The summed E-state index contributed by atoms with van der Waals surface area (Å²) in [6.07, 6.45) is 0.569. The van der Waals surface area contributed by atoms with Gasteiger partial charge in [-0.25, -0.2) is 0 Å². The first-order chi connectivity index (χ1) is 6.70. The van der Waals surface area contributed by atoms with Gasteiger partial charge in [-0.2, -0.15) is 0 Å². The van der Waals surface area contributed by atoms with Crippen LogP contribution in [0.3, 0.4) is 0 Å². The number of anilines is 1. The average molecular weight is 191 g/mol. The second-order valence-electron chi connectivity index (χ2n) is 3.61. The number of hydrogen-bond acceptors (Lipinski definition) is 2. The van der Waals surface area contributed by atoms with Crippen LogP contribution < -0.4 is 10.1 Å². The highest BCUT2D eigenvalue weighted by Gasteiger charge is 2.21. The molecule has 2 rings (SSSR count). The number of ether oxygens (including phenoxy) is 1. The first-order valence-electron chi connectivity index (χ1n) is 4.68. The molecule has 1 aliphatic heterocycles. The Balaban J connectivity index is 2.43. The Labute approximate surface area is 83.1 Å². The van der Waals surface area contributed by atoms with Crippen LogP contribution in [0.2, 0.25) is 0 Å². The van der Waals surface area contributed by atoms with Gasteiger partial charge in [0.1, 0.15) is 5.75 Å². The molecule has 3 nitrogen and oxygen atoms in total. The van der Waals surface area contributed by atoms with E-state index >= 15 is 0 Å². The molecule has 1 aromatic rings. The molecule has 0 bridgehead atoms. The maximum absolute atomic E-state index is 11.3. The van der Waals surface area contributed by atoms with E-state index < -0.39 is 0 Å². The summed E-state index contributed by atoms with van der Waals surface area (Å²) in [7, 11) is 1.62. The fourth-order valence-electron chi connectivity index (χ4n) is 1.79. The molecule has 0 fully saturated rings. The van der Waals surface area contributed by atoms with Crippen molar-refractivity contribution in [1.82, 2.24) is 0 Å². The molecule has 1 aliphatic rings. The van der Waals surface area contributed by atoms with Crippen molar-refractivity contribution in [3.05, 3.63) is 23.8 Å². The molecule has 1 atom stereocenters. The summed E-state index contributed by atoms with van der Waals surface area (Å²) < 4.78 is 5.10. The zero-order valence-electron chi connectivity index (χ0n) is 8.33. The lowest BCUT2D eigenvalue weighted by Gasteiger charge is -2.22. The minimum absolute atomic E-state index is 0.0817. The van der Waals surface area contributed by atoms with Crippen molar-refractivity contribution in [1.29, 1.82) is 0 Å². The molecule has 0 spiro atoms. The van der Waals surface area contributed by atoms with Crippen LogP contribution >= 0.6 is 0 Å². The van der Waals surface area contributed by atoms with E-state index in [0.717, 1.165) is 11.4 Å². The molecule has 1 unspecified atom stereocenters. The maximum Gasteiger partial charge on any atom is 0.224 e. The fourth-order valence-corrected chi connectivity index (χ4v) is 1.79. The Morgan fingerprint density at radius 3 is 3.00 bits per heavy atom. The number of benzene rings is 1. The van der Waals surface area contributed by atoms with Gasteiger partial charge in [0.05, 0.1) is 7.11 Å². The lowest BCUT2D eigenvalue weighted by atomic mass is 9.92.